The number of aryl methyl sites for hydroxylation is 1. The molecule has 15 heavy (non-hydrogen) atoms. The maximum atomic E-state index is 12.9. The van der Waals surface area contributed by atoms with E-state index in [0.717, 1.165) is 5.56 Å². The second-order valence-electron chi connectivity index (χ2n) is 3.40. The van der Waals surface area contributed by atoms with E-state index in [1.807, 2.05) is 0 Å². The number of nitrogens with one attached hydrogen (secondary N) is 1. The minimum absolute atomic E-state index is 0.372. The Kier molecular flexibility index (Phi) is 3.66. The molecule has 3 nitrogen and oxygen atoms in total. The predicted octanol–water partition coefficient (Wildman–Crippen LogP) is 2.41. The number of benzene rings is 1. The summed E-state index contributed by atoms with van der Waals surface area (Å²) in [5.41, 5.74) is 1.36. The van der Waals surface area contributed by atoms with Crippen molar-refractivity contribution in [3.05, 3.63) is 29.6 Å². The van der Waals surface area contributed by atoms with Crippen LogP contribution in [0.1, 0.15) is 18.9 Å². The minimum Gasteiger partial charge on any atom is -0.480 e. The first-order valence-corrected chi connectivity index (χ1v) is 4.80. The molecule has 1 aromatic rings. The molecule has 82 valence electrons. The molecule has 0 bridgehead atoms. The lowest BCUT2D eigenvalue weighted by atomic mass is 10.1. The number of aliphatic carboxylic acids is 1. The highest BCUT2D eigenvalue weighted by atomic mass is 19.1. The van der Waals surface area contributed by atoms with Gasteiger partial charge in [0.1, 0.15) is 11.9 Å². The Labute approximate surface area is 87.9 Å². The van der Waals surface area contributed by atoms with Gasteiger partial charge in [0.15, 0.2) is 0 Å². The molecule has 1 rings (SSSR count). The van der Waals surface area contributed by atoms with Crippen LogP contribution in [-0.2, 0) is 4.79 Å². The third-order valence-electron chi connectivity index (χ3n) is 2.24. The van der Waals surface area contributed by atoms with Gasteiger partial charge in [-0.05, 0) is 31.0 Å². The van der Waals surface area contributed by atoms with E-state index in [0.29, 0.717) is 12.1 Å². The fourth-order valence-corrected chi connectivity index (χ4v) is 1.28. The normalized spacial score (nSPS) is 12.2. The average Bonchev–Trinajstić information content (AvgIpc) is 2.18. The van der Waals surface area contributed by atoms with Gasteiger partial charge in [0.2, 0.25) is 0 Å². The van der Waals surface area contributed by atoms with Gasteiger partial charge < -0.3 is 10.4 Å². The van der Waals surface area contributed by atoms with Crippen molar-refractivity contribution in [3.8, 4) is 0 Å². The van der Waals surface area contributed by atoms with Gasteiger partial charge in [0.25, 0.3) is 0 Å². The summed E-state index contributed by atoms with van der Waals surface area (Å²) in [6.45, 7) is 3.57. The first kappa shape index (κ1) is 11.5. The molecule has 2 N–H and O–H groups in total. The van der Waals surface area contributed by atoms with Crippen molar-refractivity contribution in [2.24, 2.45) is 0 Å². The standard InChI is InChI=1S/C11H14FNO2/c1-3-9(11(14)15)13-10-6-8(12)5-4-7(10)2/h4-6,9,13H,3H2,1-2H3,(H,14,15). The van der Waals surface area contributed by atoms with Crippen LogP contribution >= 0.6 is 0 Å². The lowest BCUT2D eigenvalue weighted by molar-refractivity contribution is -0.137. The van der Waals surface area contributed by atoms with Gasteiger partial charge in [-0.2, -0.15) is 0 Å². The summed E-state index contributed by atoms with van der Waals surface area (Å²) in [4.78, 5) is 10.8. The average molecular weight is 211 g/mol. The van der Waals surface area contributed by atoms with Crippen LogP contribution in [0.25, 0.3) is 0 Å². The minimum atomic E-state index is -0.929. The lowest BCUT2D eigenvalue weighted by Gasteiger charge is -2.15. The van der Waals surface area contributed by atoms with Crippen molar-refractivity contribution in [1.29, 1.82) is 0 Å². The molecule has 0 spiro atoms. The molecule has 0 radical (unpaired) electrons. The smallest absolute Gasteiger partial charge is 0.326 e. The highest BCUT2D eigenvalue weighted by Crippen LogP contribution is 2.17. The number of hydrogen-bond donors (Lipinski definition) is 2. The second kappa shape index (κ2) is 4.77. The Bertz CT molecular complexity index is 366. The zero-order chi connectivity index (χ0) is 11.4. The summed E-state index contributed by atoms with van der Waals surface area (Å²) < 4.78 is 12.9. The predicted molar refractivity (Wildman–Crippen MR) is 56.5 cm³/mol. The van der Waals surface area contributed by atoms with Crippen LogP contribution in [0.5, 0.6) is 0 Å². The van der Waals surface area contributed by atoms with Gasteiger partial charge in [-0.3, -0.25) is 0 Å². The van der Waals surface area contributed by atoms with Crippen LogP contribution in [0.3, 0.4) is 0 Å². The number of anilines is 1. The van der Waals surface area contributed by atoms with Crippen molar-refractivity contribution in [2.75, 3.05) is 5.32 Å². The third-order valence-corrected chi connectivity index (χ3v) is 2.24. The molecule has 1 atom stereocenters. The summed E-state index contributed by atoms with van der Waals surface area (Å²) in [7, 11) is 0. The number of hydrogen-bond acceptors (Lipinski definition) is 2. The molecule has 0 saturated carbocycles. The zero-order valence-electron chi connectivity index (χ0n) is 8.75. The molecular formula is C11H14FNO2. The van der Waals surface area contributed by atoms with Gasteiger partial charge >= 0.3 is 5.97 Å². The van der Waals surface area contributed by atoms with Crippen LogP contribution in [0.15, 0.2) is 18.2 Å². The quantitative estimate of drug-likeness (QED) is 0.804. The second-order valence-corrected chi connectivity index (χ2v) is 3.40. The highest BCUT2D eigenvalue weighted by Gasteiger charge is 2.15. The van der Waals surface area contributed by atoms with Crippen LogP contribution in [0.4, 0.5) is 10.1 Å². The molecule has 0 aromatic heterocycles. The molecule has 1 aromatic carbocycles. The Hall–Kier alpha value is -1.58. The fourth-order valence-electron chi connectivity index (χ4n) is 1.28. The van der Waals surface area contributed by atoms with Crippen LogP contribution in [-0.4, -0.2) is 17.1 Å². The fraction of sp³-hybridized carbons (Fsp3) is 0.364. The summed E-state index contributed by atoms with van der Waals surface area (Å²) in [5.74, 6) is -1.30. The van der Waals surface area contributed by atoms with E-state index in [2.05, 4.69) is 5.32 Å². The maximum Gasteiger partial charge on any atom is 0.326 e. The molecule has 0 fully saturated rings. The molecule has 4 heteroatoms. The molecule has 0 aliphatic rings. The Morgan fingerprint density at radius 2 is 2.27 bits per heavy atom. The zero-order valence-corrected chi connectivity index (χ0v) is 8.75. The molecule has 0 saturated heterocycles. The summed E-state index contributed by atoms with van der Waals surface area (Å²) in [6.07, 6.45) is 0.450. The Morgan fingerprint density at radius 1 is 1.60 bits per heavy atom. The largest absolute Gasteiger partial charge is 0.480 e. The third kappa shape index (κ3) is 2.94. The van der Waals surface area contributed by atoms with Gasteiger partial charge in [0, 0.05) is 5.69 Å². The van der Waals surface area contributed by atoms with Crippen molar-refractivity contribution < 1.29 is 14.3 Å². The molecule has 0 aliphatic carbocycles. The molecular weight excluding hydrogens is 197 g/mol. The lowest BCUT2D eigenvalue weighted by Crippen LogP contribution is -2.28. The van der Waals surface area contributed by atoms with E-state index < -0.39 is 12.0 Å². The molecule has 0 amide bonds. The number of carboxylic acid groups (broad SMARTS) is 1. The first-order chi connectivity index (χ1) is 7.04. The number of rotatable bonds is 4. The van der Waals surface area contributed by atoms with Crippen LogP contribution < -0.4 is 5.32 Å². The number of carbonyl (C=O) groups is 1. The van der Waals surface area contributed by atoms with Crippen molar-refractivity contribution in [3.63, 3.8) is 0 Å². The van der Waals surface area contributed by atoms with Gasteiger partial charge in [-0.25, -0.2) is 9.18 Å². The maximum absolute atomic E-state index is 12.9. The van der Waals surface area contributed by atoms with E-state index in [9.17, 15) is 9.18 Å². The van der Waals surface area contributed by atoms with E-state index >= 15 is 0 Å². The SMILES string of the molecule is CCC(Nc1cc(F)ccc1C)C(=O)O. The van der Waals surface area contributed by atoms with Gasteiger partial charge in [-0.1, -0.05) is 13.0 Å². The van der Waals surface area contributed by atoms with E-state index in [4.69, 9.17) is 5.11 Å². The highest BCUT2D eigenvalue weighted by molar-refractivity contribution is 5.77. The number of halogens is 1. The molecule has 1 unspecified atom stereocenters. The van der Waals surface area contributed by atoms with Crippen molar-refractivity contribution in [2.45, 2.75) is 26.3 Å². The Morgan fingerprint density at radius 3 is 2.80 bits per heavy atom. The summed E-state index contributed by atoms with van der Waals surface area (Å²) >= 11 is 0. The topological polar surface area (TPSA) is 49.3 Å². The Balaban J connectivity index is 2.87. The number of carboxylic acids is 1. The summed E-state index contributed by atoms with van der Waals surface area (Å²) in [6, 6.07) is 3.60. The van der Waals surface area contributed by atoms with Gasteiger partial charge in [0.05, 0.1) is 0 Å². The van der Waals surface area contributed by atoms with Crippen molar-refractivity contribution in [1.82, 2.24) is 0 Å². The van der Waals surface area contributed by atoms with Gasteiger partial charge in [-0.15, -0.1) is 0 Å². The van der Waals surface area contributed by atoms with Crippen LogP contribution in [0, 0.1) is 12.7 Å². The summed E-state index contributed by atoms with van der Waals surface area (Å²) in [5, 5.41) is 11.6. The van der Waals surface area contributed by atoms with Crippen molar-refractivity contribution >= 4 is 11.7 Å². The molecule has 0 heterocycles. The monoisotopic (exact) mass is 211 g/mol. The van der Waals surface area contributed by atoms with E-state index in [1.165, 1.54) is 12.1 Å². The van der Waals surface area contributed by atoms with Crippen LogP contribution in [0.2, 0.25) is 0 Å². The molecule has 0 aliphatic heterocycles. The first-order valence-electron chi connectivity index (χ1n) is 4.80. The van der Waals surface area contributed by atoms with E-state index in [1.54, 1.807) is 19.9 Å². The van der Waals surface area contributed by atoms with E-state index in [-0.39, 0.29) is 5.82 Å².